The standard InChI is InChI=1S/C12H10BrNO/c1-8-10(12(15)7-13)6-9-4-2-3-5-11(9)14-8/h2-6H,7H2,1H3. The Labute approximate surface area is 96.5 Å². The van der Waals surface area contributed by atoms with E-state index >= 15 is 0 Å². The van der Waals surface area contributed by atoms with Crippen molar-refractivity contribution in [3.8, 4) is 0 Å². The number of benzene rings is 1. The number of para-hydroxylation sites is 1. The largest absolute Gasteiger partial charge is 0.293 e. The number of nitrogens with zero attached hydrogens (tertiary/aromatic N) is 1. The third-order valence-corrected chi connectivity index (χ3v) is 2.85. The van der Waals surface area contributed by atoms with Crippen molar-refractivity contribution in [1.29, 1.82) is 0 Å². The number of Topliss-reactive ketones (excluding diaryl/α,β-unsaturated/α-hetero) is 1. The highest BCUT2D eigenvalue weighted by atomic mass is 79.9. The molecule has 1 heterocycles. The molecule has 76 valence electrons. The van der Waals surface area contributed by atoms with Gasteiger partial charge in [0.15, 0.2) is 5.78 Å². The minimum Gasteiger partial charge on any atom is -0.293 e. The van der Waals surface area contributed by atoms with Crippen LogP contribution in [-0.4, -0.2) is 16.1 Å². The van der Waals surface area contributed by atoms with E-state index in [0.717, 1.165) is 16.6 Å². The summed E-state index contributed by atoms with van der Waals surface area (Å²) in [5, 5.41) is 1.35. The van der Waals surface area contributed by atoms with Crippen LogP contribution in [-0.2, 0) is 0 Å². The molecule has 0 atom stereocenters. The van der Waals surface area contributed by atoms with Gasteiger partial charge >= 0.3 is 0 Å². The Hall–Kier alpha value is -1.22. The molecule has 0 saturated heterocycles. The van der Waals surface area contributed by atoms with Gasteiger partial charge in [-0.05, 0) is 19.1 Å². The number of alkyl halides is 1. The van der Waals surface area contributed by atoms with E-state index in [1.54, 1.807) is 0 Å². The summed E-state index contributed by atoms with van der Waals surface area (Å²) in [6, 6.07) is 9.71. The lowest BCUT2D eigenvalue weighted by Crippen LogP contribution is -2.04. The van der Waals surface area contributed by atoms with E-state index in [2.05, 4.69) is 20.9 Å². The minimum absolute atomic E-state index is 0.0748. The zero-order chi connectivity index (χ0) is 10.8. The quantitative estimate of drug-likeness (QED) is 0.616. The monoisotopic (exact) mass is 263 g/mol. The van der Waals surface area contributed by atoms with E-state index in [4.69, 9.17) is 0 Å². The highest BCUT2D eigenvalue weighted by Crippen LogP contribution is 2.17. The van der Waals surface area contributed by atoms with Gasteiger partial charge in [-0.1, -0.05) is 34.1 Å². The average molecular weight is 264 g/mol. The maximum Gasteiger partial charge on any atom is 0.175 e. The van der Waals surface area contributed by atoms with Crippen LogP contribution in [0.1, 0.15) is 16.1 Å². The van der Waals surface area contributed by atoms with Gasteiger partial charge in [-0.2, -0.15) is 0 Å². The SMILES string of the molecule is Cc1nc2ccccc2cc1C(=O)CBr. The number of hydrogen-bond donors (Lipinski definition) is 0. The van der Waals surface area contributed by atoms with E-state index in [-0.39, 0.29) is 5.78 Å². The lowest BCUT2D eigenvalue weighted by molar-refractivity contribution is 0.102. The first-order valence-electron chi connectivity index (χ1n) is 4.68. The van der Waals surface area contributed by atoms with Gasteiger partial charge in [0.25, 0.3) is 0 Å². The predicted octanol–water partition coefficient (Wildman–Crippen LogP) is 3.12. The second kappa shape index (κ2) is 4.11. The van der Waals surface area contributed by atoms with Crippen LogP contribution < -0.4 is 0 Å². The van der Waals surface area contributed by atoms with Crippen LogP contribution in [0.4, 0.5) is 0 Å². The first-order chi connectivity index (χ1) is 7.22. The molecule has 0 radical (unpaired) electrons. The van der Waals surface area contributed by atoms with E-state index in [9.17, 15) is 4.79 Å². The smallest absolute Gasteiger partial charge is 0.175 e. The Morgan fingerprint density at radius 3 is 2.87 bits per heavy atom. The summed E-state index contributed by atoms with van der Waals surface area (Å²) in [6.45, 7) is 1.86. The van der Waals surface area contributed by atoms with Gasteiger partial charge in [-0.25, -0.2) is 0 Å². The van der Waals surface area contributed by atoms with Crippen molar-refractivity contribution in [3.63, 3.8) is 0 Å². The van der Waals surface area contributed by atoms with E-state index < -0.39 is 0 Å². The fraction of sp³-hybridized carbons (Fsp3) is 0.167. The number of fused-ring (bicyclic) bond motifs is 1. The van der Waals surface area contributed by atoms with Crippen LogP contribution in [0.25, 0.3) is 10.9 Å². The van der Waals surface area contributed by atoms with Gasteiger partial charge in [0.2, 0.25) is 0 Å². The molecule has 15 heavy (non-hydrogen) atoms. The van der Waals surface area contributed by atoms with Crippen molar-refractivity contribution in [3.05, 3.63) is 41.6 Å². The number of ketones is 1. The van der Waals surface area contributed by atoms with Crippen molar-refractivity contribution >= 4 is 32.6 Å². The fourth-order valence-corrected chi connectivity index (χ4v) is 1.87. The number of pyridine rings is 1. The zero-order valence-electron chi connectivity index (χ0n) is 8.33. The molecular formula is C12H10BrNO. The second-order valence-electron chi connectivity index (χ2n) is 3.37. The summed E-state index contributed by atoms with van der Waals surface area (Å²) in [5.74, 6) is 0.0748. The van der Waals surface area contributed by atoms with Crippen molar-refractivity contribution in [2.75, 3.05) is 5.33 Å². The Bertz CT molecular complexity index is 522. The van der Waals surface area contributed by atoms with Gasteiger partial charge < -0.3 is 0 Å². The molecular weight excluding hydrogens is 254 g/mol. The molecule has 2 nitrogen and oxygen atoms in total. The maximum absolute atomic E-state index is 11.6. The van der Waals surface area contributed by atoms with Crippen LogP contribution in [0.3, 0.4) is 0 Å². The molecule has 0 aliphatic heterocycles. The number of carbonyl (C=O) groups excluding carboxylic acids is 1. The summed E-state index contributed by atoms with van der Waals surface area (Å²) in [7, 11) is 0. The molecule has 2 rings (SSSR count). The first-order valence-corrected chi connectivity index (χ1v) is 5.80. The van der Waals surface area contributed by atoms with Gasteiger partial charge in [-0.15, -0.1) is 0 Å². The Morgan fingerprint density at radius 2 is 2.13 bits per heavy atom. The van der Waals surface area contributed by atoms with Crippen LogP contribution in [0.15, 0.2) is 30.3 Å². The molecule has 3 heteroatoms. The minimum atomic E-state index is 0.0748. The normalized spacial score (nSPS) is 10.5. The summed E-state index contributed by atoms with van der Waals surface area (Å²) in [5.41, 5.74) is 2.42. The van der Waals surface area contributed by atoms with Crippen LogP contribution in [0.2, 0.25) is 0 Å². The van der Waals surface area contributed by atoms with Crippen molar-refractivity contribution < 1.29 is 4.79 Å². The number of aryl methyl sites for hydroxylation is 1. The number of rotatable bonds is 2. The predicted molar refractivity (Wildman–Crippen MR) is 64.6 cm³/mol. The number of aromatic nitrogens is 1. The van der Waals surface area contributed by atoms with Crippen LogP contribution in [0, 0.1) is 6.92 Å². The molecule has 0 bridgehead atoms. The molecule has 0 aliphatic carbocycles. The van der Waals surface area contributed by atoms with Gasteiger partial charge in [0.05, 0.1) is 10.8 Å². The van der Waals surface area contributed by atoms with Crippen molar-refractivity contribution in [2.45, 2.75) is 6.92 Å². The maximum atomic E-state index is 11.6. The molecule has 0 saturated carbocycles. The van der Waals surface area contributed by atoms with Crippen LogP contribution >= 0.6 is 15.9 Å². The Morgan fingerprint density at radius 1 is 1.40 bits per heavy atom. The summed E-state index contributed by atoms with van der Waals surface area (Å²) < 4.78 is 0. The molecule has 1 aromatic carbocycles. The molecule has 0 aliphatic rings. The average Bonchev–Trinajstić information content (AvgIpc) is 2.27. The van der Waals surface area contributed by atoms with Gasteiger partial charge in [-0.3, -0.25) is 9.78 Å². The fourth-order valence-electron chi connectivity index (χ4n) is 1.57. The lowest BCUT2D eigenvalue weighted by Gasteiger charge is -2.04. The van der Waals surface area contributed by atoms with Crippen LogP contribution in [0.5, 0.6) is 0 Å². The first kappa shape index (κ1) is 10.3. The molecule has 1 aromatic heterocycles. The molecule has 0 spiro atoms. The number of halogens is 1. The number of hydrogen-bond acceptors (Lipinski definition) is 2. The lowest BCUT2D eigenvalue weighted by atomic mass is 10.1. The van der Waals surface area contributed by atoms with Crippen molar-refractivity contribution in [2.24, 2.45) is 0 Å². The highest BCUT2D eigenvalue weighted by Gasteiger charge is 2.09. The van der Waals surface area contributed by atoms with E-state index in [1.807, 2.05) is 37.3 Å². The molecule has 0 unspecified atom stereocenters. The summed E-state index contributed by atoms with van der Waals surface area (Å²) >= 11 is 3.17. The summed E-state index contributed by atoms with van der Waals surface area (Å²) in [6.07, 6.45) is 0. The number of carbonyl (C=O) groups is 1. The molecule has 0 amide bonds. The van der Waals surface area contributed by atoms with E-state index in [1.165, 1.54) is 0 Å². The second-order valence-corrected chi connectivity index (χ2v) is 3.93. The molecule has 2 aromatic rings. The Balaban J connectivity index is 2.67. The molecule has 0 fully saturated rings. The van der Waals surface area contributed by atoms with Crippen molar-refractivity contribution in [1.82, 2.24) is 4.98 Å². The summed E-state index contributed by atoms with van der Waals surface area (Å²) in [4.78, 5) is 16.0. The zero-order valence-corrected chi connectivity index (χ0v) is 9.91. The third-order valence-electron chi connectivity index (χ3n) is 2.34. The highest BCUT2D eigenvalue weighted by molar-refractivity contribution is 9.09. The molecule has 0 N–H and O–H groups in total. The van der Waals surface area contributed by atoms with Gasteiger partial charge in [0, 0.05) is 16.6 Å². The van der Waals surface area contributed by atoms with E-state index in [0.29, 0.717) is 10.9 Å². The van der Waals surface area contributed by atoms with Gasteiger partial charge in [0.1, 0.15) is 0 Å². The topological polar surface area (TPSA) is 30.0 Å². The Kier molecular flexibility index (Phi) is 2.82. The third kappa shape index (κ3) is 1.92.